The van der Waals surface area contributed by atoms with Crippen LogP contribution in [0.4, 0.5) is 0 Å². The molecule has 4 rings (SSSR count). The van der Waals surface area contributed by atoms with Crippen LogP contribution in [0.15, 0.2) is 58.7 Å². The lowest BCUT2D eigenvalue weighted by Gasteiger charge is -2.36. The molecular weight excluding hydrogens is 426 g/mol. The van der Waals surface area contributed by atoms with Gasteiger partial charge in [-0.05, 0) is 30.2 Å². The third kappa shape index (κ3) is 4.99. The van der Waals surface area contributed by atoms with Crippen molar-refractivity contribution in [3.8, 4) is 0 Å². The molecule has 8 nitrogen and oxygen atoms in total. The SMILES string of the molecule is CCCCC(N=C1NS(=O)(=O)c2ccccc21)C(=O)N1CCN(Cc2cccnc2)CC1. The Morgan fingerprint density at radius 3 is 2.66 bits per heavy atom. The quantitative estimate of drug-likeness (QED) is 0.689. The summed E-state index contributed by atoms with van der Waals surface area (Å²) < 4.78 is 27.4. The molecule has 170 valence electrons. The van der Waals surface area contributed by atoms with Crippen molar-refractivity contribution in [3.05, 3.63) is 59.9 Å². The fourth-order valence-corrected chi connectivity index (χ4v) is 5.35. The number of hydrogen-bond acceptors (Lipinski definition) is 6. The van der Waals surface area contributed by atoms with Gasteiger partial charge in [0.1, 0.15) is 11.9 Å². The monoisotopic (exact) mass is 455 g/mol. The van der Waals surface area contributed by atoms with E-state index in [1.54, 1.807) is 30.5 Å². The van der Waals surface area contributed by atoms with Crippen LogP contribution >= 0.6 is 0 Å². The minimum absolute atomic E-state index is 0.0319. The van der Waals surface area contributed by atoms with Crippen molar-refractivity contribution in [2.75, 3.05) is 26.2 Å². The molecule has 1 fully saturated rings. The molecule has 1 amide bonds. The van der Waals surface area contributed by atoms with Crippen LogP contribution in [0.25, 0.3) is 0 Å². The molecule has 1 N–H and O–H groups in total. The van der Waals surface area contributed by atoms with E-state index in [1.165, 1.54) is 0 Å². The van der Waals surface area contributed by atoms with E-state index in [1.807, 2.05) is 17.2 Å². The number of aliphatic imine (C=N–C) groups is 1. The Hall–Kier alpha value is -2.78. The third-order valence-electron chi connectivity index (χ3n) is 5.88. The largest absolute Gasteiger partial charge is 0.338 e. The molecule has 0 aliphatic carbocycles. The lowest BCUT2D eigenvalue weighted by Crippen LogP contribution is -2.51. The van der Waals surface area contributed by atoms with Gasteiger partial charge in [0.2, 0.25) is 5.91 Å². The van der Waals surface area contributed by atoms with Crippen LogP contribution in [-0.4, -0.2) is 67.2 Å². The highest BCUT2D eigenvalue weighted by molar-refractivity contribution is 7.90. The number of sulfonamides is 1. The number of fused-ring (bicyclic) bond motifs is 1. The maximum absolute atomic E-state index is 13.3. The fourth-order valence-electron chi connectivity index (χ4n) is 4.11. The molecule has 1 aromatic carbocycles. The van der Waals surface area contributed by atoms with Gasteiger partial charge in [-0.15, -0.1) is 0 Å². The number of piperazine rings is 1. The van der Waals surface area contributed by atoms with Crippen molar-refractivity contribution in [1.29, 1.82) is 0 Å². The van der Waals surface area contributed by atoms with E-state index >= 15 is 0 Å². The average molecular weight is 456 g/mol. The Balaban J connectivity index is 1.46. The van der Waals surface area contributed by atoms with Crippen LogP contribution in [0.2, 0.25) is 0 Å². The van der Waals surface area contributed by atoms with Gasteiger partial charge in [-0.3, -0.25) is 24.4 Å². The van der Waals surface area contributed by atoms with Crippen molar-refractivity contribution in [1.82, 2.24) is 19.5 Å². The molecule has 0 bridgehead atoms. The summed E-state index contributed by atoms with van der Waals surface area (Å²) in [5, 5.41) is 0. The average Bonchev–Trinajstić information content (AvgIpc) is 3.07. The number of carbonyl (C=O) groups excluding carboxylic acids is 1. The summed E-state index contributed by atoms with van der Waals surface area (Å²) in [6.45, 7) is 5.72. The van der Waals surface area contributed by atoms with Gasteiger partial charge < -0.3 is 4.90 Å². The molecule has 1 unspecified atom stereocenters. The molecule has 1 aromatic heterocycles. The summed E-state index contributed by atoms with van der Waals surface area (Å²) in [5.74, 6) is 0.237. The number of pyridine rings is 1. The molecule has 1 atom stereocenters. The van der Waals surface area contributed by atoms with Gasteiger partial charge in [0, 0.05) is 50.7 Å². The Morgan fingerprint density at radius 2 is 1.94 bits per heavy atom. The number of benzene rings is 1. The molecule has 2 aliphatic heterocycles. The van der Waals surface area contributed by atoms with E-state index in [-0.39, 0.29) is 16.6 Å². The van der Waals surface area contributed by atoms with E-state index in [9.17, 15) is 13.2 Å². The van der Waals surface area contributed by atoms with Crippen LogP contribution in [-0.2, 0) is 21.4 Å². The fraction of sp³-hybridized carbons (Fsp3) is 0.435. The van der Waals surface area contributed by atoms with E-state index in [0.717, 1.165) is 38.0 Å². The molecule has 1 saturated heterocycles. The van der Waals surface area contributed by atoms with Gasteiger partial charge in [-0.2, -0.15) is 0 Å². The highest BCUT2D eigenvalue weighted by Gasteiger charge is 2.33. The number of hydrogen-bond donors (Lipinski definition) is 1. The molecule has 0 spiro atoms. The van der Waals surface area contributed by atoms with Gasteiger partial charge in [0.15, 0.2) is 0 Å². The Morgan fingerprint density at radius 1 is 1.16 bits per heavy atom. The molecule has 0 saturated carbocycles. The number of amidine groups is 1. The van der Waals surface area contributed by atoms with Crippen molar-refractivity contribution in [2.45, 2.75) is 43.7 Å². The maximum Gasteiger partial charge on any atom is 0.263 e. The normalized spacial score (nSPS) is 20.0. The van der Waals surface area contributed by atoms with Crippen molar-refractivity contribution < 1.29 is 13.2 Å². The Labute approximate surface area is 189 Å². The van der Waals surface area contributed by atoms with Crippen LogP contribution in [0.3, 0.4) is 0 Å². The topological polar surface area (TPSA) is 95.0 Å². The molecule has 2 aromatic rings. The number of nitrogens with one attached hydrogen (secondary N) is 1. The number of aromatic nitrogens is 1. The van der Waals surface area contributed by atoms with Gasteiger partial charge >= 0.3 is 0 Å². The lowest BCUT2D eigenvalue weighted by atomic mass is 10.1. The molecular formula is C23H29N5O3S. The standard InChI is InChI=1S/C23H29N5O3S/c1-2-3-9-20(25-22-19-8-4-5-10-21(19)32(30,31)26-22)23(29)28-14-12-27(13-15-28)17-18-7-6-11-24-16-18/h4-8,10-11,16,20H,2-3,9,12-15,17H2,1H3,(H,25,26). The highest BCUT2D eigenvalue weighted by Crippen LogP contribution is 2.23. The summed E-state index contributed by atoms with van der Waals surface area (Å²) in [6, 6.07) is 10.1. The number of carbonyl (C=O) groups is 1. The minimum atomic E-state index is -3.63. The third-order valence-corrected chi connectivity index (χ3v) is 7.27. The van der Waals surface area contributed by atoms with Crippen molar-refractivity contribution in [2.24, 2.45) is 4.99 Å². The predicted octanol–water partition coefficient (Wildman–Crippen LogP) is 2.02. The van der Waals surface area contributed by atoms with Gasteiger partial charge in [-0.25, -0.2) is 8.42 Å². The number of rotatable bonds is 7. The zero-order valence-corrected chi connectivity index (χ0v) is 19.1. The van der Waals surface area contributed by atoms with E-state index in [2.05, 4.69) is 32.6 Å². The van der Waals surface area contributed by atoms with Gasteiger partial charge in [-0.1, -0.05) is 38.0 Å². The first-order chi connectivity index (χ1) is 15.5. The zero-order valence-electron chi connectivity index (χ0n) is 18.3. The summed E-state index contributed by atoms with van der Waals surface area (Å²) >= 11 is 0. The molecule has 9 heteroatoms. The van der Waals surface area contributed by atoms with E-state index in [0.29, 0.717) is 25.1 Å². The van der Waals surface area contributed by atoms with Gasteiger partial charge in [0.25, 0.3) is 10.0 Å². The highest BCUT2D eigenvalue weighted by atomic mass is 32.2. The summed E-state index contributed by atoms with van der Waals surface area (Å²) in [4.78, 5) is 26.5. The van der Waals surface area contributed by atoms with E-state index in [4.69, 9.17) is 0 Å². The first kappa shape index (κ1) is 22.4. The first-order valence-electron chi connectivity index (χ1n) is 11.1. The second kappa shape index (κ2) is 9.79. The lowest BCUT2D eigenvalue weighted by molar-refractivity contribution is -0.134. The van der Waals surface area contributed by atoms with E-state index < -0.39 is 16.1 Å². The van der Waals surface area contributed by atoms with Crippen molar-refractivity contribution >= 4 is 21.8 Å². The van der Waals surface area contributed by atoms with Crippen LogP contribution in [0.5, 0.6) is 0 Å². The summed E-state index contributed by atoms with van der Waals surface area (Å²) in [6.07, 6.45) is 6.02. The van der Waals surface area contributed by atoms with Crippen molar-refractivity contribution in [3.63, 3.8) is 0 Å². The maximum atomic E-state index is 13.3. The first-order valence-corrected chi connectivity index (χ1v) is 12.6. The molecule has 32 heavy (non-hydrogen) atoms. The van der Waals surface area contributed by atoms with Gasteiger partial charge in [0.05, 0.1) is 4.90 Å². The number of nitrogens with zero attached hydrogens (tertiary/aromatic N) is 4. The van der Waals surface area contributed by atoms with Crippen LogP contribution in [0, 0.1) is 0 Å². The molecule has 2 aliphatic rings. The van der Waals surface area contributed by atoms with Crippen LogP contribution in [0.1, 0.15) is 37.3 Å². The summed E-state index contributed by atoms with van der Waals surface area (Å²) in [5.41, 5.74) is 1.69. The molecule has 3 heterocycles. The van der Waals surface area contributed by atoms with Crippen LogP contribution < -0.4 is 4.72 Å². The number of amides is 1. The minimum Gasteiger partial charge on any atom is -0.338 e. The zero-order chi connectivity index (χ0) is 22.6. The Bertz CT molecular complexity index is 1080. The summed E-state index contributed by atoms with van der Waals surface area (Å²) in [7, 11) is -3.63. The smallest absolute Gasteiger partial charge is 0.263 e. The second-order valence-electron chi connectivity index (χ2n) is 8.20. The Kier molecular flexibility index (Phi) is 6.86. The predicted molar refractivity (Wildman–Crippen MR) is 123 cm³/mol. The molecule has 0 radical (unpaired) electrons. The second-order valence-corrected chi connectivity index (χ2v) is 9.85. The number of unbranched alkanes of at least 4 members (excludes halogenated alkanes) is 1.